The summed E-state index contributed by atoms with van der Waals surface area (Å²) in [5.41, 5.74) is 0.646. The van der Waals surface area contributed by atoms with Crippen molar-refractivity contribution < 1.29 is 22.5 Å². The molecule has 10 heteroatoms. The minimum absolute atomic E-state index is 0.118. The van der Waals surface area contributed by atoms with Gasteiger partial charge in [-0.15, -0.1) is 0 Å². The number of anilines is 1. The molecule has 1 aromatic carbocycles. The molecule has 9 nitrogen and oxygen atoms in total. The summed E-state index contributed by atoms with van der Waals surface area (Å²) in [6.07, 6.45) is 4.78. The Morgan fingerprint density at radius 2 is 1.73 bits per heavy atom. The van der Waals surface area contributed by atoms with Gasteiger partial charge in [-0.1, -0.05) is 32.3 Å². The highest BCUT2D eigenvalue weighted by atomic mass is 32.2. The van der Waals surface area contributed by atoms with Crippen LogP contribution < -0.4 is 4.90 Å². The molecule has 0 spiro atoms. The first-order chi connectivity index (χ1) is 15.7. The highest BCUT2D eigenvalue weighted by Crippen LogP contribution is 2.30. The first-order valence-electron chi connectivity index (χ1n) is 11.6. The van der Waals surface area contributed by atoms with Gasteiger partial charge in [-0.05, 0) is 43.9 Å². The molecular weight excluding hydrogens is 444 g/mol. The molecule has 2 aliphatic heterocycles. The number of piperidine rings is 1. The van der Waals surface area contributed by atoms with Crippen molar-refractivity contribution in [2.45, 2.75) is 69.8 Å². The van der Waals surface area contributed by atoms with Crippen molar-refractivity contribution in [3.8, 4) is 0 Å². The number of hydrogen-bond donors (Lipinski definition) is 0. The minimum Gasteiger partial charge on any atom is -0.452 e. The van der Waals surface area contributed by atoms with Crippen LogP contribution in [0.1, 0.15) is 74.9 Å². The number of carbonyl (C=O) groups is 1. The molecular formula is C23H32N4O5S. The van der Waals surface area contributed by atoms with Crippen LogP contribution in [0.2, 0.25) is 0 Å². The lowest BCUT2D eigenvalue weighted by Gasteiger charge is -2.27. The largest absolute Gasteiger partial charge is 0.452 e. The summed E-state index contributed by atoms with van der Waals surface area (Å²) < 4.78 is 38.6. The number of hydrogen-bond acceptors (Lipinski definition) is 8. The lowest BCUT2D eigenvalue weighted by Crippen LogP contribution is -2.35. The van der Waals surface area contributed by atoms with E-state index in [1.54, 1.807) is 12.1 Å². The second-order valence-corrected chi connectivity index (χ2v) is 11.6. The normalized spacial score (nSPS) is 18.0. The predicted molar refractivity (Wildman–Crippen MR) is 123 cm³/mol. The van der Waals surface area contributed by atoms with Crippen molar-refractivity contribution in [2.75, 3.05) is 31.1 Å². The van der Waals surface area contributed by atoms with Gasteiger partial charge in [-0.3, -0.25) is 0 Å². The molecule has 3 heterocycles. The summed E-state index contributed by atoms with van der Waals surface area (Å²) in [6.45, 7) is 8.35. The second kappa shape index (κ2) is 9.42. The lowest BCUT2D eigenvalue weighted by molar-refractivity contribution is 0.0430. The van der Waals surface area contributed by atoms with Crippen molar-refractivity contribution in [1.82, 2.24) is 14.4 Å². The number of aromatic nitrogens is 2. The number of rotatable bonds is 6. The first kappa shape index (κ1) is 23.7. The molecule has 2 aromatic rings. The summed E-state index contributed by atoms with van der Waals surface area (Å²) in [4.78, 5) is 19.6. The average molecular weight is 477 g/mol. The number of sulfonamides is 1. The second-order valence-electron chi connectivity index (χ2n) is 9.68. The number of benzene rings is 1. The third-order valence-electron chi connectivity index (χ3n) is 6.05. The van der Waals surface area contributed by atoms with Gasteiger partial charge in [0.25, 0.3) is 5.89 Å². The van der Waals surface area contributed by atoms with E-state index in [0.29, 0.717) is 24.6 Å². The minimum atomic E-state index is -3.67. The van der Waals surface area contributed by atoms with Crippen LogP contribution in [0.15, 0.2) is 27.6 Å². The Bertz CT molecular complexity index is 1090. The molecule has 2 aliphatic rings. The van der Waals surface area contributed by atoms with Gasteiger partial charge < -0.3 is 14.2 Å². The van der Waals surface area contributed by atoms with Crippen LogP contribution in [-0.2, 0) is 26.8 Å². The predicted octanol–water partition coefficient (Wildman–Crippen LogP) is 3.50. The molecule has 0 unspecified atom stereocenters. The van der Waals surface area contributed by atoms with Crippen LogP contribution in [0.25, 0.3) is 0 Å². The Balaban J connectivity index is 1.59. The van der Waals surface area contributed by atoms with Gasteiger partial charge in [0, 0.05) is 31.6 Å². The molecule has 33 heavy (non-hydrogen) atoms. The third kappa shape index (κ3) is 5.22. The lowest BCUT2D eigenvalue weighted by atomic mass is 9.96. The number of carbonyl (C=O) groups excluding carboxylic acids is 1. The Morgan fingerprint density at radius 3 is 2.36 bits per heavy atom. The number of ether oxygens (including phenoxy) is 1. The van der Waals surface area contributed by atoms with Crippen LogP contribution >= 0.6 is 0 Å². The van der Waals surface area contributed by atoms with E-state index in [-0.39, 0.29) is 28.4 Å². The van der Waals surface area contributed by atoms with E-state index in [1.165, 1.54) is 10.4 Å². The van der Waals surface area contributed by atoms with E-state index in [4.69, 9.17) is 9.26 Å². The summed E-state index contributed by atoms with van der Waals surface area (Å²) in [7, 11) is -3.67. The molecule has 0 N–H and O–H groups in total. The van der Waals surface area contributed by atoms with Crippen molar-refractivity contribution in [3.63, 3.8) is 0 Å². The zero-order valence-electron chi connectivity index (χ0n) is 19.5. The highest BCUT2D eigenvalue weighted by Gasteiger charge is 2.29. The van der Waals surface area contributed by atoms with Gasteiger partial charge >= 0.3 is 5.97 Å². The quantitative estimate of drug-likeness (QED) is 0.583. The SMILES string of the molecule is CC(C)(C)c1noc(COC(=O)c2cc(S(=O)(=O)N3CCCCC3)ccc2N2CCCC2)n1. The summed E-state index contributed by atoms with van der Waals surface area (Å²) >= 11 is 0. The zero-order chi connectivity index (χ0) is 23.6. The zero-order valence-corrected chi connectivity index (χ0v) is 20.4. The van der Waals surface area contributed by atoms with Gasteiger partial charge in [-0.2, -0.15) is 9.29 Å². The Hall–Kier alpha value is -2.46. The van der Waals surface area contributed by atoms with Crippen LogP contribution in [0.5, 0.6) is 0 Å². The maximum absolute atomic E-state index is 13.2. The Morgan fingerprint density at radius 1 is 1.06 bits per heavy atom. The molecule has 180 valence electrons. The highest BCUT2D eigenvalue weighted by molar-refractivity contribution is 7.89. The first-order valence-corrected chi connectivity index (χ1v) is 13.0. The number of esters is 1. The van der Waals surface area contributed by atoms with Crippen molar-refractivity contribution >= 4 is 21.7 Å². The molecule has 0 bridgehead atoms. The smallest absolute Gasteiger partial charge is 0.340 e. The van der Waals surface area contributed by atoms with E-state index >= 15 is 0 Å². The Labute approximate surface area is 195 Å². The third-order valence-corrected chi connectivity index (χ3v) is 7.95. The molecule has 1 aromatic heterocycles. The summed E-state index contributed by atoms with van der Waals surface area (Å²) in [5, 5.41) is 3.95. The molecule has 0 saturated carbocycles. The van der Waals surface area contributed by atoms with E-state index in [0.717, 1.165) is 45.2 Å². The molecule has 2 saturated heterocycles. The maximum Gasteiger partial charge on any atom is 0.340 e. The van der Waals surface area contributed by atoms with Crippen LogP contribution in [-0.4, -0.2) is 55.0 Å². The van der Waals surface area contributed by atoms with Gasteiger partial charge in [-0.25, -0.2) is 13.2 Å². The topological polar surface area (TPSA) is 106 Å². The molecule has 4 rings (SSSR count). The van der Waals surface area contributed by atoms with Gasteiger partial charge in [0.2, 0.25) is 10.0 Å². The fourth-order valence-corrected chi connectivity index (χ4v) is 5.69. The molecule has 2 fully saturated rings. The summed E-state index contributed by atoms with van der Waals surface area (Å²) in [5.74, 6) is 0.122. The molecule has 0 aliphatic carbocycles. The van der Waals surface area contributed by atoms with E-state index in [2.05, 4.69) is 15.0 Å². The van der Waals surface area contributed by atoms with Crippen LogP contribution in [0.3, 0.4) is 0 Å². The molecule has 0 atom stereocenters. The monoisotopic (exact) mass is 476 g/mol. The van der Waals surface area contributed by atoms with E-state index < -0.39 is 16.0 Å². The summed E-state index contributed by atoms with van der Waals surface area (Å²) in [6, 6.07) is 4.78. The van der Waals surface area contributed by atoms with E-state index in [1.807, 2.05) is 20.8 Å². The molecule has 0 radical (unpaired) electrons. The maximum atomic E-state index is 13.2. The van der Waals surface area contributed by atoms with Crippen molar-refractivity contribution in [2.24, 2.45) is 0 Å². The Kier molecular flexibility index (Phi) is 6.76. The fourth-order valence-electron chi connectivity index (χ4n) is 4.15. The fraction of sp³-hybridized carbons (Fsp3) is 0.609. The number of nitrogens with zero attached hydrogens (tertiary/aromatic N) is 4. The van der Waals surface area contributed by atoms with Gasteiger partial charge in [0.05, 0.1) is 16.1 Å². The average Bonchev–Trinajstić information content (AvgIpc) is 3.50. The van der Waals surface area contributed by atoms with E-state index in [9.17, 15) is 13.2 Å². The van der Waals surface area contributed by atoms with Crippen molar-refractivity contribution in [1.29, 1.82) is 0 Å². The van der Waals surface area contributed by atoms with Gasteiger partial charge in [0.1, 0.15) is 0 Å². The standard InChI is InChI=1S/C23H32N4O5S/c1-23(2,3)22-24-20(32-25-22)16-31-21(28)18-15-17(9-10-19(18)26-11-7-8-12-26)33(29,30)27-13-5-4-6-14-27/h9-10,15H,4-8,11-14,16H2,1-3H3. The molecule has 0 amide bonds. The van der Waals surface area contributed by atoms with Crippen LogP contribution in [0, 0.1) is 0 Å². The van der Waals surface area contributed by atoms with Gasteiger partial charge in [0.15, 0.2) is 12.4 Å². The van der Waals surface area contributed by atoms with Crippen molar-refractivity contribution in [3.05, 3.63) is 35.5 Å². The van der Waals surface area contributed by atoms with Crippen LogP contribution in [0.4, 0.5) is 5.69 Å².